The minimum absolute atomic E-state index is 0.00525. The van der Waals surface area contributed by atoms with Crippen LogP contribution in [0.3, 0.4) is 0 Å². The highest BCUT2D eigenvalue weighted by Gasteiger charge is 2.26. The maximum atomic E-state index is 12.9. The smallest absolute Gasteiger partial charge is 0.179 e. The van der Waals surface area contributed by atoms with Gasteiger partial charge in [0.25, 0.3) is 0 Å². The molecule has 0 radical (unpaired) electrons. The summed E-state index contributed by atoms with van der Waals surface area (Å²) in [5.41, 5.74) is -0.370. The lowest BCUT2D eigenvalue weighted by molar-refractivity contribution is 0.474. The van der Waals surface area contributed by atoms with E-state index < -0.39 is 15.7 Å². The highest BCUT2D eigenvalue weighted by Crippen LogP contribution is 2.24. The van der Waals surface area contributed by atoms with Crippen molar-refractivity contribution in [1.82, 2.24) is 0 Å². The molecule has 0 amide bonds. The van der Waals surface area contributed by atoms with Crippen molar-refractivity contribution in [2.45, 2.75) is 18.7 Å². The topological polar surface area (TPSA) is 34.1 Å². The third-order valence-corrected chi connectivity index (χ3v) is 5.75. The summed E-state index contributed by atoms with van der Waals surface area (Å²) in [6.07, 6.45) is 0. The number of benzene rings is 1. The molecule has 1 rings (SSSR count). The van der Waals surface area contributed by atoms with Gasteiger partial charge < -0.3 is 0 Å². The highest BCUT2D eigenvalue weighted by atomic mass is 79.9. The lowest BCUT2D eigenvalue weighted by Gasteiger charge is -2.21. The van der Waals surface area contributed by atoms with Gasteiger partial charge in [-0.3, -0.25) is 0 Å². The lowest BCUT2D eigenvalue weighted by Crippen LogP contribution is -2.25. The first kappa shape index (κ1) is 13.6. The van der Waals surface area contributed by atoms with Gasteiger partial charge in [-0.2, -0.15) is 0 Å². The van der Waals surface area contributed by atoms with Gasteiger partial charge in [-0.15, -0.1) is 0 Å². The second-order valence-corrected chi connectivity index (χ2v) is 7.06. The quantitative estimate of drug-likeness (QED) is 0.801. The van der Waals surface area contributed by atoms with Gasteiger partial charge in [0.05, 0.1) is 10.6 Å². The van der Waals surface area contributed by atoms with Crippen molar-refractivity contribution in [3.8, 4) is 0 Å². The Kier molecular flexibility index (Phi) is 4.12. The summed E-state index contributed by atoms with van der Waals surface area (Å²) in [7, 11) is -3.42. The van der Waals surface area contributed by atoms with Crippen molar-refractivity contribution < 1.29 is 12.8 Å². The predicted octanol–water partition coefficient (Wildman–Crippen LogP) is 3.02. The van der Waals surface area contributed by atoms with Crippen LogP contribution >= 0.6 is 15.9 Å². The summed E-state index contributed by atoms with van der Waals surface area (Å²) in [4.78, 5) is 0.0431. The average molecular weight is 309 g/mol. The molecule has 0 spiro atoms. The molecule has 0 heterocycles. The van der Waals surface area contributed by atoms with Crippen LogP contribution in [0.15, 0.2) is 29.2 Å². The molecule has 0 N–H and O–H groups in total. The fourth-order valence-electron chi connectivity index (χ4n) is 1.30. The van der Waals surface area contributed by atoms with Crippen LogP contribution in [0.2, 0.25) is 0 Å². The van der Waals surface area contributed by atoms with Gasteiger partial charge in [-0.25, -0.2) is 12.8 Å². The zero-order chi connectivity index (χ0) is 12.4. The Labute approximate surface area is 104 Å². The molecule has 1 aromatic carbocycles. The Morgan fingerprint density at radius 1 is 1.38 bits per heavy atom. The number of sulfone groups is 1. The van der Waals surface area contributed by atoms with Gasteiger partial charge in [0.15, 0.2) is 9.84 Å². The SMILES string of the molecule is CC(C)(CBr)CS(=O)(=O)c1cccc(F)c1. The first-order valence-electron chi connectivity index (χ1n) is 4.81. The summed E-state index contributed by atoms with van der Waals surface area (Å²) in [5, 5.41) is 0.578. The zero-order valence-electron chi connectivity index (χ0n) is 9.20. The molecule has 90 valence electrons. The molecule has 0 bridgehead atoms. The molecule has 0 unspecified atom stereocenters. The van der Waals surface area contributed by atoms with Crippen LogP contribution in [0.5, 0.6) is 0 Å². The second-order valence-electron chi connectivity index (χ2n) is 4.51. The Bertz CT molecular complexity index is 469. The highest BCUT2D eigenvalue weighted by molar-refractivity contribution is 9.09. The number of halogens is 2. The fourth-order valence-corrected chi connectivity index (χ4v) is 3.63. The first-order valence-corrected chi connectivity index (χ1v) is 7.58. The Morgan fingerprint density at radius 2 is 2.00 bits per heavy atom. The molecule has 1 aromatic rings. The van der Waals surface area contributed by atoms with Gasteiger partial charge in [0.2, 0.25) is 0 Å². The molecule has 0 saturated heterocycles. The summed E-state index contributed by atoms with van der Waals surface area (Å²) in [6.45, 7) is 3.69. The standard InChI is InChI=1S/C11H14BrFO2S/c1-11(2,7-12)8-16(14,15)10-5-3-4-9(13)6-10/h3-6H,7-8H2,1-2H3. The molecular formula is C11H14BrFO2S. The van der Waals surface area contributed by atoms with Crippen LogP contribution in [0, 0.1) is 11.2 Å². The molecule has 5 heteroatoms. The van der Waals surface area contributed by atoms with Crippen molar-refractivity contribution in [2.24, 2.45) is 5.41 Å². The van der Waals surface area contributed by atoms with Gasteiger partial charge in [0.1, 0.15) is 5.82 Å². The number of alkyl halides is 1. The third-order valence-electron chi connectivity index (χ3n) is 2.10. The summed E-state index contributed by atoms with van der Waals surface area (Å²) in [5.74, 6) is -0.535. The van der Waals surface area contributed by atoms with Gasteiger partial charge in [-0.1, -0.05) is 35.8 Å². The average Bonchev–Trinajstić information content (AvgIpc) is 2.16. The van der Waals surface area contributed by atoms with Gasteiger partial charge in [0, 0.05) is 5.33 Å². The number of hydrogen-bond donors (Lipinski definition) is 0. The Morgan fingerprint density at radius 3 is 2.50 bits per heavy atom. The normalized spacial score (nSPS) is 12.8. The van der Waals surface area contributed by atoms with E-state index >= 15 is 0 Å². The van der Waals surface area contributed by atoms with Crippen LogP contribution < -0.4 is 0 Å². The van der Waals surface area contributed by atoms with E-state index in [2.05, 4.69) is 15.9 Å². The van der Waals surface area contributed by atoms with Crippen molar-refractivity contribution in [1.29, 1.82) is 0 Å². The van der Waals surface area contributed by atoms with E-state index in [9.17, 15) is 12.8 Å². The van der Waals surface area contributed by atoms with E-state index in [1.54, 1.807) is 0 Å². The van der Waals surface area contributed by atoms with E-state index in [1.807, 2.05) is 13.8 Å². The number of hydrogen-bond acceptors (Lipinski definition) is 2. The van der Waals surface area contributed by atoms with Crippen LogP contribution in [0.25, 0.3) is 0 Å². The van der Waals surface area contributed by atoms with E-state index in [-0.39, 0.29) is 16.1 Å². The van der Waals surface area contributed by atoms with Crippen LogP contribution in [-0.4, -0.2) is 19.5 Å². The summed E-state index contributed by atoms with van der Waals surface area (Å²) >= 11 is 3.27. The minimum Gasteiger partial charge on any atom is -0.224 e. The minimum atomic E-state index is -3.42. The molecule has 0 aliphatic carbocycles. The van der Waals surface area contributed by atoms with Gasteiger partial charge >= 0.3 is 0 Å². The Hall–Kier alpha value is -0.420. The van der Waals surface area contributed by atoms with Crippen molar-refractivity contribution in [3.05, 3.63) is 30.1 Å². The van der Waals surface area contributed by atoms with E-state index in [1.165, 1.54) is 18.2 Å². The molecule has 0 fully saturated rings. The van der Waals surface area contributed by atoms with E-state index in [4.69, 9.17) is 0 Å². The van der Waals surface area contributed by atoms with E-state index in [0.717, 1.165) is 6.07 Å². The molecular weight excluding hydrogens is 295 g/mol. The van der Waals surface area contributed by atoms with Crippen molar-refractivity contribution in [3.63, 3.8) is 0 Å². The maximum absolute atomic E-state index is 12.9. The van der Waals surface area contributed by atoms with E-state index in [0.29, 0.717) is 5.33 Å². The van der Waals surface area contributed by atoms with Crippen LogP contribution in [0.1, 0.15) is 13.8 Å². The van der Waals surface area contributed by atoms with Crippen molar-refractivity contribution in [2.75, 3.05) is 11.1 Å². The molecule has 0 aromatic heterocycles. The fraction of sp³-hybridized carbons (Fsp3) is 0.455. The van der Waals surface area contributed by atoms with Crippen molar-refractivity contribution >= 4 is 25.8 Å². The molecule has 0 atom stereocenters. The Balaban J connectivity index is 3.04. The molecule has 0 saturated carbocycles. The number of rotatable bonds is 4. The molecule has 16 heavy (non-hydrogen) atoms. The molecule has 0 aliphatic rings. The maximum Gasteiger partial charge on any atom is 0.179 e. The molecule has 0 aliphatic heterocycles. The van der Waals surface area contributed by atoms with Crippen LogP contribution in [0.4, 0.5) is 4.39 Å². The monoisotopic (exact) mass is 308 g/mol. The predicted molar refractivity (Wildman–Crippen MR) is 66.0 cm³/mol. The molecule has 2 nitrogen and oxygen atoms in total. The second kappa shape index (κ2) is 4.84. The van der Waals surface area contributed by atoms with Crippen LogP contribution in [-0.2, 0) is 9.84 Å². The van der Waals surface area contributed by atoms with Gasteiger partial charge in [-0.05, 0) is 23.6 Å². The largest absolute Gasteiger partial charge is 0.224 e. The lowest BCUT2D eigenvalue weighted by atomic mass is 10.0. The zero-order valence-corrected chi connectivity index (χ0v) is 11.6. The third kappa shape index (κ3) is 3.56. The summed E-state index contributed by atoms with van der Waals surface area (Å²) in [6, 6.07) is 5.11. The summed E-state index contributed by atoms with van der Waals surface area (Å²) < 4.78 is 36.9. The first-order chi connectivity index (χ1) is 7.27.